The van der Waals surface area contributed by atoms with Crippen molar-refractivity contribution in [2.45, 2.75) is 20.0 Å². The predicted molar refractivity (Wildman–Crippen MR) is 88.6 cm³/mol. The number of rotatable bonds is 5. The van der Waals surface area contributed by atoms with Gasteiger partial charge in [0.2, 0.25) is 0 Å². The van der Waals surface area contributed by atoms with E-state index < -0.39 is 0 Å². The number of hydrogen-bond acceptors (Lipinski definition) is 4. The molecule has 0 fully saturated rings. The molecule has 0 aliphatic carbocycles. The second-order valence-corrected chi connectivity index (χ2v) is 5.71. The highest BCUT2D eigenvalue weighted by molar-refractivity contribution is 7.09. The average Bonchev–Trinajstić information content (AvgIpc) is 3.09. The van der Waals surface area contributed by atoms with Crippen molar-refractivity contribution in [2.24, 2.45) is 0 Å². The summed E-state index contributed by atoms with van der Waals surface area (Å²) in [6.07, 6.45) is 1.79. The summed E-state index contributed by atoms with van der Waals surface area (Å²) in [7, 11) is 0. The zero-order valence-corrected chi connectivity index (χ0v) is 13.6. The van der Waals surface area contributed by atoms with Crippen LogP contribution in [0.5, 0.6) is 0 Å². The second-order valence-electron chi connectivity index (χ2n) is 4.76. The number of halogens is 2. The lowest BCUT2D eigenvalue weighted by Crippen LogP contribution is -2.12. The van der Waals surface area contributed by atoms with Crippen LogP contribution >= 0.6 is 23.7 Å². The van der Waals surface area contributed by atoms with Crippen LogP contribution in [0.3, 0.4) is 0 Å². The van der Waals surface area contributed by atoms with Crippen LogP contribution in [0.25, 0.3) is 11.3 Å². The molecular weight excluding hydrogens is 323 g/mol. The van der Waals surface area contributed by atoms with Crippen LogP contribution in [0.15, 0.2) is 35.8 Å². The Kier molecular flexibility index (Phi) is 5.65. The van der Waals surface area contributed by atoms with Crippen molar-refractivity contribution in [3.63, 3.8) is 0 Å². The highest BCUT2D eigenvalue weighted by Crippen LogP contribution is 2.21. The molecule has 2 heterocycles. The molecule has 3 aromatic rings. The molecule has 2 N–H and O–H groups in total. The molecule has 0 saturated heterocycles. The zero-order chi connectivity index (χ0) is 14.7. The van der Waals surface area contributed by atoms with Crippen LogP contribution in [0.1, 0.15) is 16.3 Å². The molecule has 0 atom stereocenters. The number of hydrogen-bond donors (Lipinski definition) is 2. The summed E-state index contributed by atoms with van der Waals surface area (Å²) >= 11 is 1.65. The molecule has 3 rings (SSSR count). The van der Waals surface area contributed by atoms with Crippen molar-refractivity contribution in [1.29, 1.82) is 0 Å². The van der Waals surface area contributed by atoms with E-state index >= 15 is 0 Å². The first kappa shape index (κ1) is 16.6. The van der Waals surface area contributed by atoms with Crippen molar-refractivity contribution in [2.75, 3.05) is 0 Å². The number of aryl methyl sites for hydroxylation is 1. The van der Waals surface area contributed by atoms with Gasteiger partial charge < -0.3 is 5.32 Å². The lowest BCUT2D eigenvalue weighted by atomic mass is 10.1. The first-order valence-corrected chi connectivity index (χ1v) is 7.50. The van der Waals surface area contributed by atoms with Crippen molar-refractivity contribution >= 4 is 23.7 Å². The fraction of sp³-hybridized carbons (Fsp3) is 0.200. The Morgan fingerprint density at radius 2 is 2.00 bits per heavy atom. The third kappa shape index (κ3) is 3.91. The SMILES string of the molecule is Cc1csc(CNCc2cn[nH]c2-c2ccc(F)cc2)n1.Cl. The monoisotopic (exact) mass is 338 g/mol. The Morgan fingerprint density at radius 1 is 1.23 bits per heavy atom. The van der Waals surface area contributed by atoms with Crippen LogP contribution in [-0.4, -0.2) is 15.2 Å². The van der Waals surface area contributed by atoms with E-state index in [9.17, 15) is 4.39 Å². The average molecular weight is 339 g/mol. The molecule has 4 nitrogen and oxygen atoms in total. The quantitative estimate of drug-likeness (QED) is 0.746. The fourth-order valence-corrected chi connectivity index (χ4v) is 2.84. The van der Waals surface area contributed by atoms with Gasteiger partial charge in [0.1, 0.15) is 10.8 Å². The van der Waals surface area contributed by atoms with Gasteiger partial charge in [-0.3, -0.25) is 5.10 Å². The molecule has 0 unspecified atom stereocenters. The van der Waals surface area contributed by atoms with Crippen molar-refractivity contribution in [3.8, 4) is 11.3 Å². The third-order valence-corrected chi connectivity index (χ3v) is 4.08. The fourth-order valence-electron chi connectivity index (χ4n) is 2.10. The third-order valence-electron chi connectivity index (χ3n) is 3.11. The smallest absolute Gasteiger partial charge is 0.123 e. The van der Waals surface area contributed by atoms with Crippen molar-refractivity contribution < 1.29 is 4.39 Å². The summed E-state index contributed by atoms with van der Waals surface area (Å²) in [6, 6.07) is 6.39. The molecule has 0 amide bonds. The Bertz CT molecular complexity index is 723. The maximum absolute atomic E-state index is 13.0. The number of aromatic amines is 1. The summed E-state index contributed by atoms with van der Waals surface area (Å²) < 4.78 is 13.0. The number of aromatic nitrogens is 3. The molecule has 116 valence electrons. The summed E-state index contributed by atoms with van der Waals surface area (Å²) in [4.78, 5) is 4.41. The first-order chi connectivity index (χ1) is 10.2. The Labute approximate surface area is 138 Å². The lowest BCUT2D eigenvalue weighted by molar-refractivity contribution is 0.628. The van der Waals surface area contributed by atoms with Gasteiger partial charge in [0.15, 0.2) is 0 Å². The van der Waals surface area contributed by atoms with E-state index in [4.69, 9.17) is 0 Å². The normalized spacial score (nSPS) is 10.5. The van der Waals surface area contributed by atoms with Gasteiger partial charge >= 0.3 is 0 Å². The molecule has 0 aliphatic heterocycles. The minimum atomic E-state index is -0.239. The van der Waals surface area contributed by atoms with E-state index in [-0.39, 0.29) is 18.2 Å². The molecule has 7 heteroatoms. The molecule has 0 aliphatic rings. The van der Waals surface area contributed by atoms with Gasteiger partial charge in [-0.25, -0.2) is 9.37 Å². The number of nitrogens with zero attached hydrogens (tertiary/aromatic N) is 2. The van der Waals surface area contributed by atoms with Crippen LogP contribution in [0.2, 0.25) is 0 Å². The standard InChI is InChI=1S/C15H15FN4S.ClH/c1-10-9-21-14(19-10)8-17-6-12-7-18-20-15(12)11-2-4-13(16)5-3-11;/h2-5,7,9,17H,6,8H2,1H3,(H,18,20);1H. The Hall–Kier alpha value is -1.76. The van der Waals surface area contributed by atoms with Gasteiger partial charge in [0.25, 0.3) is 0 Å². The largest absolute Gasteiger partial charge is 0.306 e. The topological polar surface area (TPSA) is 53.6 Å². The first-order valence-electron chi connectivity index (χ1n) is 6.62. The van der Waals surface area contributed by atoms with Gasteiger partial charge in [-0.15, -0.1) is 23.7 Å². The molecule has 2 aromatic heterocycles. The predicted octanol–water partition coefficient (Wildman–Crippen LogP) is 3.69. The van der Waals surface area contributed by atoms with E-state index in [1.165, 1.54) is 12.1 Å². The van der Waals surface area contributed by atoms with Gasteiger partial charge in [0, 0.05) is 35.3 Å². The molecule has 0 spiro atoms. The highest BCUT2D eigenvalue weighted by Gasteiger charge is 2.08. The van der Waals surface area contributed by atoms with E-state index in [0.717, 1.165) is 34.1 Å². The van der Waals surface area contributed by atoms with Crippen LogP contribution < -0.4 is 5.32 Å². The minimum absolute atomic E-state index is 0. The molecule has 0 bridgehead atoms. The van der Waals surface area contributed by atoms with Gasteiger partial charge in [-0.05, 0) is 31.2 Å². The zero-order valence-electron chi connectivity index (χ0n) is 12.0. The van der Waals surface area contributed by atoms with Crippen LogP contribution in [0.4, 0.5) is 4.39 Å². The summed E-state index contributed by atoms with van der Waals surface area (Å²) in [6.45, 7) is 3.40. The summed E-state index contributed by atoms with van der Waals surface area (Å²) in [5.74, 6) is -0.239. The number of thiazole rings is 1. The van der Waals surface area contributed by atoms with Crippen molar-refractivity contribution in [1.82, 2.24) is 20.5 Å². The lowest BCUT2D eigenvalue weighted by Gasteiger charge is -2.04. The van der Waals surface area contributed by atoms with Gasteiger partial charge in [-0.2, -0.15) is 5.10 Å². The van der Waals surface area contributed by atoms with E-state index in [1.807, 2.05) is 12.3 Å². The number of nitrogens with one attached hydrogen (secondary N) is 2. The molecule has 1 aromatic carbocycles. The van der Waals surface area contributed by atoms with E-state index in [2.05, 4.69) is 20.5 Å². The maximum atomic E-state index is 13.0. The molecule has 0 saturated carbocycles. The van der Waals surface area contributed by atoms with E-state index in [0.29, 0.717) is 6.54 Å². The maximum Gasteiger partial charge on any atom is 0.123 e. The van der Waals surface area contributed by atoms with Crippen LogP contribution in [-0.2, 0) is 13.1 Å². The second kappa shape index (κ2) is 7.49. The molecule has 22 heavy (non-hydrogen) atoms. The van der Waals surface area contributed by atoms with Crippen LogP contribution in [0, 0.1) is 12.7 Å². The summed E-state index contributed by atoms with van der Waals surface area (Å²) in [5, 5.41) is 13.5. The molecule has 0 radical (unpaired) electrons. The summed E-state index contributed by atoms with van der Waals surface area (Å²) in [5.41, 5.74) is 3.94. The van der Waals surface area contributed by atoms with E-state index in [1.54, 1.807) is 29.7 Å². The van der Waals surface area contributed by atoms with Gasteiger partial charge in [0.05, 0.1) is 11.9 Å². The minimum Gasteiger partial charge on any atom is -0.306 e. The number of benzene rings is 1. The molecular formula is C15H16ClFN4S. The number of H-pyrrole nitrogens is 1. The Morgan fingerprint density at radius 3 is 2.68 bits per heavy atom. The van der Waals surface area contributed by atoms with Crippen molar-refractivity contribution in [3.05, 3.63) is 57.9 Å². The highest BCUT2D eigenvalue weighted by atomic mass is 35.5. The van der Waals surface area contributed by atoms with Gasteiger partial charge in [-0.1, -0.05) is 0 Å². The Balaban J connectivity index is 0.00000176.